The average Bonchev–Trinajstić information content (AvgIpc) is 3.22. The van der Waals surface area contributed by atoms with Gasteiger partial charge in [0.25, 0.3) is 5.56 Å². The Morgan fingerprint density at radius 1 is 1.30 bits per heavy atom. The van der Waals surface area contributed by atoms with Gasteiger partial charge in [0, 0.05) is 36.4 Å². The van der Waals surface area contributed by atoms with E-state index in [4.69, 9.17) is 4.98 Å². The highest BCUT2D eigenvalue weighted by Gasteiger charge is 2.24. The van der Waals surface area contributed by atoms with Crippen molar-refractivity contribution in [3.63, 3.8) is 0 Å². The third kappa shape index (κ3) is 3.11. The van der Waals surface area contributed by atoms with E-state index < -0.39 is 0 Å². The fourth-order valence-electron chi connectivity index (χ4n) is 4.11. The lowest BCUT2D eigenvalue weighted by Gasteiger charge is -2.26. The van der Waals surface area contributed by atoms with E-state index in [-0.39, 0.29) is 11.6 Å². The lowest BCUT2D eigenvalue weighted by atomic mass is 10.1. The van der Waals surface area contributed by atoms with Gasteiger partial charge in [0.15, 0.2) is 5.65 Å². The molecule has 1 saturated heterocycles. The van der Waals surface area contributed by atoms with Crippen LogP contribution in [0.25, 0.3) is 33.5 Å². The number of anilines is 1. The molecule has 3 N–H and O–H groups in total. The number of piperidine rings is 1. The molecule has 5 heterocycles. The van der Waals surface area contributed by atoms with E-state index in [9.17, 15) is 4.79 Å². The summed E-state index contributed by atoms with van der Waals surface area (Å²) in [5.41, 5.74) is 3.68. The molecule has 0 saturated carbocycles. The van der Waals surface area contributed by atoms with Crippen molar-refractivity contribution in [1.29, 1.82) is 0 Å². The van der Waals surface area contributed by atoms with Crippen molar-refractivity contribution >= 4 is 28.1 Å². The van der Waals surface area contributed by atoms with E-state index >= 15 is 0 Å². The molecule has 4 aromatic rings. The first-order valence-corrected chi connectivity index (χ1v) is 10.3. The number of H-pyrrole nitrogens is 1. The summed E-state index contributed by atoms with van der Waals surface area (Å²) in [5, 5.41) is 7.50. The maximum Gasteiger partial charge on any atom is 0.279 e. The van der Waals surface area contributed by atoms with Gasteiger partial charge in [0.1, 0.15) is 16.9 Å². The Kier molecular flexibility index (Phi) is 4.66. The standard InChI is InChI=1S/C21H24N8O/c1-3-23-21-26-12(2)16-19(28-21)29(15-5-4-7-22-11-15)20(30)17(27-16)14-9-13-6-8-24-18(13)25-10-14/h6,8-10,15,22H,3-5,7,11H2,1-2H3,(H,24,25)(H,23,26,28)/t15-/m0/s1. The fourth-order valence-corrected chi connectivity index (χ4v) is 4.11. The van der Waals surface area contributed by atoms with Gasteiger partial charge in [0.05, 0.1) is 11.7 Å². The molecule has 0 aliphatic carbocycles. The number of aromatic amines is 1. The summed E-state index contributed by atoms with van der Waals surface area (Å²) in [6.45, 7) is 6.29. The first kappa shape index (κ1) is 18.7. The van der Waals surface area contributed by atoms with Crippen molar-refractivity contribution < 1.29 is 0 Å². The zero-order chi connectivity index (χ0) is 20.7. The molecule has 1 fully saturated rings. The van der Waals surface area contributed by atoms with Crippen LogP contribution in [0.4, 0.5) is 5.95 Å². The number of aryl methyl sites for hydroxylation is 1. The smallest absolute Gasteiger partial charge is 0.279 e. The van der Waals surface area contributed by atoms with Crippen LogP contribution in [0.1, 0.15) is 31.5 Å². The van der Waals surface area contributed by atoms with E-state index in [0.717, 1.165) is 42.7 Å². The molecule has 0 unspecified atom stereocenters. The summed E-state index contributed by atoms with van der Waals surface area (Å²) in [6.07, 6.45) is 5.46. The van der Waals surface area contributed by atoms with Crippen LogP contribution in [0.2, 0.25) is 0 Å². The normalized spacial score (nSPS) is 16.9. The van der Waals surface area contributed by atoms with Crippen LogP contribution in [0.15, 0.2) is 29.3 Å². The lowest BCUT2D eigenvalue weighted by Crippen LogP contribution is -2.38. The van der Waals surface area contributed by atoms with Crippen molar-refractivity contribution in [3.05, 3.63) is 40.6 Å². The van der Waals surface area contributed by atoms with Gasteiger partial charge >= 0.3 is 0 Å². The molecule has 1 atom stereocenters. The molecule has 30 heavy (non-hydrogen) atoms. The van der Waals surface area contributed by atoms with Gasteiger partial charge in [-0.2, -0.15) is 4.98 Å². The summed E-state index contributed by atoms with van der Waals surface area (Å²) in [6, 6.07) is 3.90. The van der Waals surface area contributed by atoms with E-state index in [1.54, 1.807) is 10.8 Å². The molecule has 5 rings (SSSR count). The molecule has 1 aliphatic heterocycles. The summed E-state index contributed by atoms with van der Waals surface area (Å²) in [7, 11) is 0. The van der Waals surface area contributed by atoms with Gasteiger partial charge in [0.2, 0.25) is 5.95 Å². The van der Waals surface area contributed by atoms with Gasteiger partial charge in [-0.1, -0.05) is 0 Å². The molecule has 0 aromatic carbocycles. The molecule has 0 amide bonds. The average molecular weight is 404 g/mol. The van der Waals surface area contributed by atoms with Gasteiger partial charge in [-0.25, -0.2) is 15.0 Å². The number of hydrogen-bond acceptors (Lipinski definition) is 7. The highest BCUT2D eigenvalue weighted by molar-refractivity contribution is 5.82. The SMILES string of the molecule is CCNc1nc(C)c2nc(-c3cnc4[nH]ccc4c3)c(=O)n([C@H]3CCCNC3)c2n1. The molecule has 9 heteroatoms. The Balaban J connectivity index is 1.79. The Morgan fingerprint density at radius 3 is 3.00 bits per heavy atom. The summed E-state index contributed by atoms with van der Waals surface area (Å²) >= 11 is 0. The van der Waals surface area contributed by atoms with Crippen molar-refractivity contribution in [1.82, 2.24) is 34.8 Å². The van der Waals surface area contributed by atoms with Gasteiger partial charge < -0.3 is 15.6 Å². The highest BCUT2D eigenvalue weighted by atomic mass is 16.1. The first-order valence-electron chi connectivity index (χ1n) is 10.3. The molecule has 4 aromatic heterocycles. The largest absolute Gasteiger partial charge is 0.354 e. The molecule has 1 aliphatic rings. The summed E-state index contributed by atoms with van der Waals surface area (Å²) < 4.78 is 1.81. The van der Waals surface area contributed by atoms with Crippen LogP contribution >= 0.6 is 0 Å². The molecule has 0 spiro atoms. The van der Waals surface area contributed by atoms with E-state index in [2.05, 4.69) is 30.6 Å². The van der Waals surface area contributed by atoms with E-state index in [1.807, 2.05) is 32.2 Å². The number of aromatic nitrogens is 6. The minimum Gasteiger partial charge on any atom is -0.354 e. The number of fused-ring (bicyclic) bond motifs is 2. The van der Waals surface area contributed by atoms with Crippen LogP contribution in [-0.2, 0) is 0 Å². The topological polar surface area (TPSA) is 113 Å². The minimum absolute atomic E-state index is 0.0169. The van der Waals surface area contributed by atoms with Crippen molar-refractivity contribution in [2.45, 2.75) is 32.7 Å². The van der Waals surface area contributed by atoms with Gasteiger partial charge in [-0.15, -0.1) is 0 Å². The van der Waals surface area contributed by atoms with Crippen LogP contribution in [0, 0.1) is 6.92 Å². The Labute approximate surface area is 173 Å². The maximum atomic E-state index is 13.7. The van der Waals surface area contributed by atoms with Crippen LogP contribution in [-0.4, -0.2) is 49.1 Å². The predicted octanol–water partition coefficient (Wildman–Crippen LogP) is 2.39. The predicted molar refractivity (Wildman–Crippen MR) is 117 cm³/mol. The zero-order valence-corrected chi connectivity index (χ0v) is 17.1. The number of pyridine rings is 1. The van der Waals surface area contributed by atoms with Crippen molar-refractivity contribution in [2.24, 2.45) is 0 Å². The second-order valence-corrected chi connectivity index (χ2v) is 7.61. The monoisotopic (exact) mass is 404 g/mol. The number of nitrogens with one attached hydrogen (secondary N) is 3. The first-order chi connectivity index (χ1) is 14.7. The quantitative estimate of drug-likeness (QED) is 0.479. The summed E-state index contributed by atoms with van der Waals surface area (Å²) in [4.78, 5) is 35.2. The summed E-state index contributed by atoms with van der Waals surface area (Å²) in [5.74, 6) is 0.518. The second-order valence-electron chi connectivity index (χ2n) is 7.61. The lowest BCUT2D eigenvalue weighted by molar-refractivity contribution is 0.370. The number of rotatable bonds is 4. The highest BCUT2D eigenvalue weighted by Crippen LogP contribution is 2.25. The third-order valence-corrected chi connectivity index (χ3v) is 5.56. The van der Waals surface area contributed by atoms with Crippen molar-refractivity contribution in [3.8, 4) is 11.3 Å². The van der Waals surface area contributed by atoms with E-state index in [1.165, 1.54) is 0 Å². The van der Waals surface area contributed by atoms with Crippen LogP contribution in [0.3, 0.4) is 0 Å². The molecule has 154 valence electrons. The zero-order valence-electron chi connectivity index (χ0n) is 17.1. The number of nitrogens with zero attached hydrogens (tertiary/aromatic N) is 5. The maximum absolute atomic E-state index is 13.7. The molecular formula is C21H24N8O. The minimum atomic E-state index is -0.145. The number of hydrogen-bond donors (Lipinski definition) is 3. The van der Waals surface area contributed by atoms with Crippen LogP contribution in [0.5, 0.6) is 0 Å². The molecule has 0 bridgehead atoms. The Bertz CT molecular complexity index is 1290. The molecular weight excluding hydrogens is 380 g/mol. The van der Waals surface area contributed by atoms with Crippen molar-refractivity contribution in [2.75, 3.05) is 25.0 Å². The third-order valence-electron chi connectivity index (χ3n) is 5.56. The molecule has 0 radical (unpaired) electrons. The molecule has 9 nitrogen and oxygen atoms in total. The Morgan fingerprint density at radius 2 is 2.20 bits per heavy atom. The fraction of sp³-hybridized carbons (Fsp3) is 0.381. The van der Waals surface area contributed by atoms with Crippen LogP contribution < -0.4 is 16.2 Å². The second kappa shape index (κ2) is 7.49. The van der Waals surface area contributed by atoms with E-state index in [0.29, 0.717) is 34.9 Å². The van der Waals surface area contributed by atoms with Gasteiger partial charge in [-0.05, 0) is 45.4 Å². The van der Waals surface area contributed by atoms with Gasteiger partial charge in [-0.3, -0.25) is 9.36 Å². The Hall–Kier alpha value is -3.33.